The van der Waals surface area contributed by atoms with E-state index < -0.39 is 0 Å². The normalized spacial score (nSPS) is 12.5. The maximum absolute atomic E-state index is 12.0. The molecule has 0 saturated carbocycles. The SMILES string of the molecule is CSCCC(C)NC(=O)c1cc2cc(N)ccc2o1. The molecule has 1 aromatic heterocycles. The van der Waals surface area contributed by atoms with Crippen molar-refractivity contribution >= 4 is 34.3 Å². The van der Waals surface area contributed by atoms with Gasteiger partial charge >= 0.3 is 0 Å². The largest absolute Gasteiger partial charge is 0.451 e. The van der Waals surface area contributed by atoms with Gasteiger partial charge in [0.15, 0.2) is 5.76 Å². The van der Waals surface area contributed by atoms with Gasteiger partial charge in [0.25, 0.3) is 5.91 Å². The third kappa shape index (κ3) is 3.44. The zero-order valence-corrected chi connectivity index (χ0v) is 11.9. The van der Waals surface area contributed by atoms with Crippen molar-refractivity contribution in [2.45, 2.75) is 19.4 Å². The van der Waals surface area contributed by atoms with Gasteiger partial charge in [0.05, 0.1) is 0 Å². The van der Waals surface area contributed by atoms with Crippen molar-refractivity contribution in [1.82, 2.24) is 5.32 Å². The van der Waals surface area contributed by atoms with E-state index in [2.05, 4.69) is 11.6 Å². The smallest absolute Gasteiger partial charge is 0.287 e. The molecular weight excluding hydrogens is 260 g/mol. The predicted octanol–water partition coefficient (Wildman–Crippen LogP) is 2.89. The molecule has 102 valence electrons. The highest BCUT2D eigenvalue weighted by Gasteiger charge is 2.14. The number of amides is 1. The first-order valence-electron chi connectivity index (χ1n) is 6.19. The number of carbonyl (C=O) groups is 1. The number of nitrogens with one attached hydrogen (secondary N) is 1. The van der Waals surface area contributed by atoms with Crippen molar-refractivity contribution in [2.24, 2.45) is 0 Å². The van der Waals surface area contributed by atoms with E-state index in [-0.39, 0.29) is 11.9 Å². The van der Waals surface area contributed by atoms with E-state index in [1.54, 1.807) is 36.0 Å². The number of nitrogen functional groups attached to an aromatic ring is 1. The molecule has 3 N–H and O–H groups in total. The number of furan rings is 1. The molecule has 2 rings (SSSR count). The van der Waals surface area contributed by atoms with Crippen molar-refractivity contribution in [1.29, 1.82) is 0 Å². The molecule has 0 fully saturated rings. The Kier molecular flexibility index (Phi) is 4.37. The molecule has 0 radical (unpaired) electrons. The Labute approximate surface area is 116 Å². The summed E-state index contributed by atoms with van der Waals surface area (Å²) < 4.78 is 5.52. The molecule has 5 heteroatoms. The summed E-state index contributed by atoms with van der Waals surface area (Å²) in [7, 11) is 0. The number of hydrogen-bond acceptors (Lipinski definition) is 4. The highest BCUT2D eigenvalue weighted by molar-refractivity contribution is 7.98. The lowest BCUT2D eigenvalue weighted by Crippen LogP contribution is -2.32. The molecule has 1 heterocycles. The fourth-order valence-corrected chi connectivity index (χ4v) is 2.42. The molecule has 4 nitrogen and oxygen atoms in total. The Bertz CT molecular complexity index is 580. The van der Waals surface area contributed by atoms with Gasteiger partial charge < -0.3 is 15.5 Å². The molecule has 0 spiro atoms. The number of thioether (sulfide) groups is 1. The van der Waals surface area contributed by atoms with Gasteiger partial charge in [0.1, 0.15) is 5.58 Å². The lowest BCUT2D eigenvalue weighted by Gasteiger charge is -2.11. The average Bonchev–Trinajstić information content (AvgIpc) is 2.79. The van der Waals surface area contributed by atoms with Crippen LogP contribution in [0.4, 0.5) is 5.69 Å². The van der Waals surface area contributed by atoms with E-state index in [9.17, 15) is 4.79 Å². The van der Waals surface area contributed by atoms with E-state index in [4.69, 9.17) is 10.2 Å². The third-order valence-electron chi connectivity index (χ3n) is 2.90. The molecule has 1 aromatic carbocycles. The van der Waals surface area contributed by atoms with Crippen LogP contribution in [0.5, 0.6) is 0 Å². The van der Waals surface area contributed by atoms with Crippen LogP contribution in [0.25, 0.3) is 11.0 Å². The van der Waals surface area contributed by atoms with E-state index >= 15 is 0 Å². The molecule has 0 aliphatic rings. The first-order valence-corrected chi connectivity index (χ1v) is 7.58. The molecule has 2 aromatic rings. The summed E-state index contributed by atoms with van der Waals surface area (Å²) in [5.41, 5.74) is 7.04. The number of benzene rings is 1. The van der Waals surface area contributed by atoms with E-state index in [0.717, 1.165) is 17.6 Å². The minimum absolute atomic E-state index is 0.137. The average molecular weight is 278 g/mol. The molecule has 0 aliphatic heterocycles. The van der Waals surface area contributed by atoms with E-state index in [0.29, 0.717) is 17.0 Å². The number of nitrogens with two attached hydrogens (primary N) is 1. The van der Waals surface area contributed by atoms with Crippen molar-refractivity contribution < 1.29 is 9.21 Å². The van der Waals surface area contributed by atoms with Crippen LogP contribution in [0.2, 0.25) is 0 Å². The third-order valence-corrected chi connectivity index (χ3v) is 3.54. The summed E-state index contributed by atoms with van der Waals surface area (Å²) in [6, 6.07) is 7.20. The monoisotopic (exact) mass is 278 g/mol. The maximum atomic E-state index is 12.0. The summed E-state index contributed by atoms with van der Waals surface area (Å²) >= 11 is 1.77. The number of fused-ring (bicyclic) bond motifs is 1. The van der Waals surface area contributed by atoms with Gasteiger partial charge in [-0.05, 0) is 49.6 Å². The zero-order valence-electron chi connectivity index (χ0n) is 11.1. The molecule has 0 bridgehead atoms. The minimum Gasteiger partial charge on any atom is -0.451 e. The zero-order chi connectivity index (χ0) is 13.8. The van der Waals surface area contributed by atoms with Crippen molar-refractivity contribution in [3.63, 3.8) is 0 Å². The Balaban J connectivity index is 2.08. The summed E-state index contributed by atoms with van der Waals surface area (Å²) in [5.74, 6) is 1.18. The standard InChI is InChI=1S/C14H18N2O2S/c1-9(5-6-19-2)16-14(17)13-8-10-7-11(15)3-4-12(10)18-13/h3-4,7-9H,5-6,15H2,1-2H3,(H,16,17). The van der Waals surface area contributed by atoms with Crippen LogP contribution in [0.1, 0.15) is 23.9 Å². The highest BCUT2D eigenvalue weighted by atomic mass is 32.2. The lowest BCUT2D eigenvalue weighted by atomic mass is 10.2. The van der Waals surface area contributed by atoms with Crippen molar-refractivity contribution in [3.8, 4) is 0 Å². The van der Waals surface area contributed by atoms with Crippen LogP contribution in [0.15, 0.2) is 28.7 Å². The summed E-state index contributed by atoms with van der Waals surface area (Å²) in [4.78, 5) is 12.0. The van der Waals surface area contributed by atoms with Crippen molar-refractivity contribution in [2.75, 3.05) is 17.7 Å². The Hall–Kier alpha value is -1.62. The first kappa shape index (κ1) is 13.8. The maximum Gasteiger partial charge on any atom is 0.287 e. The van der Waals surface area contributed by atoms with Crippen LogP contribution < -0.4 is 11.1 Å². The van der Waals surface area contributed by atoms with Crippen LogP contribution in [0, 0.1) is 0 Å². The second kappa shape index (κ2) is 6.02. The number of anilines is 1. The molecule has 1 atom stereocenters. The molecule has 1 unspecified atom stereocenters. The van der Waals surface area contributed by atoms with E-state index in [1.807, 2.05) is 6.92 Å². The summed E-state index contributed by atoms with van der Waals surface area (Å²) in [6.07, 6.45) is 3.00. The molecular formula is C14H18N2O2S. The number of rotatable bonds is 5. The van der Waals surface area contributed by atoms with E-state index in [1.165, 1.54) is 0 Å². The van der Waals surface area contributed by atoms with Crippen LogP contribution in [-0.4, -0.2) is 24.0 Å². The van der Waals surface area contributed by atoms with Crippen LogP contribution in [-0.2, 0) is 0 Å². The quantitative estimate of drug-likeness (QED) is 0.825. The van der Waals surface area contributed by atoms with Gasteiger partial charge in [0.2, 0.25) is 0 Å². The number of carbonyl (C=O) groups excluding carboxylic acids is 1. The Morgan fingerprint density at radius 3 is 3.00 bits per heavy atom. The molecule has 0 aliphatic carbocycles. The van der Waals surface area contributed by atoms with Gasteiger partial charge in [-0.1, -0.05) is 0 Å². The summed E-state index contributed by atoms with van der Waals surface area (Å²) in [5, 5.41) is 3.78. The molecule has 1 amide bonds. The number of hydrogen-bond donors (Lipinski definition) is 2. The van der Waals surface area contributed by atoms with Gasteiger partial charge in [-0.15, -0.1) is 0 Å². The highest BCUT2D eigenvalue weighted by Crippen LogP contribution is 2.21. The molecule has 0 saturated heterocycles. The fourth-order valence-electron chi connectivity index (χ4n) is 1.84. The topological polar surface area (TPSA) is 68.3 Å². The van der Waals surface area contributed by atoms with Gasteiger partial charge in [-0.3, -0.25) is 4.79 Å². The second-order valence-electron chi connectivity index (χ2n) is 4.56. The van der Waals surface area contributed by atoms with Gasteiger partial charge in [-0.25, -0.2) is 0 Å². The minimum atomic E-state index is -0.177. The first-order chi connectivity index (χ1) is 9.10. The Morgan fingerprint density at radius 2 is 2.26 bits per heavy atom. The van der Waals surface area contributed by atoms with Crippen LogP contribution in [0.3, 0.4) is 0 Å². The molecule has 19 heavy (non-hydrogen) atoms. The van der Waals surface area contributed by atoms with Crippen LogP contribution >= 0.6 is 11.8 Å². The van der Waals surface area contributed by atoms with Gasteiger partial charge in [0, 0.05) is 17.1 Å². The fraction of sp³-hybridized carbons (Fsp3) is 0.357. The predicted molar refractivity (Wildman–Crippen MR) is 80.6 cm³/mol. The second-order valence-corrected chi connectivity index (χ2v) is 5.55. The lowest BCUT2D eigenvalue weighted by molar-refractivity contribution is 0.0913. The Morgan fingerprint density at radius 1 is 1.47 bits per heavy atom. The van der Waals surface area contributed by atoms with Crippen molar-refractivity contribution in [3.05, 3.63) is 30.0 Å². The summed E-state index contributed by atoms with van der Waals surface area (Å²) in [6.45, 7) is 1.99. The van der Waals surface area contributed by atoms with Gasteiger partial charge in [-0.2, -0.15) is 11.8 Å².